The van der Waals surface area contributed by atoms with Crippen molar-refractivity contribution < 1.29 is 9.18 Å². The third kappa shape index (κ3) is 3.37. The minimum Gasteiger partial charge on any atom is -0.299 e. The zero-order chi connectivity index (χ0) is 13.1. The Kier molecular flexibility index (Phi) is 4.09. The molecule has 0 fully saturated rings. The van der Waals surface area contributed by atoms with Gasteiger partial charge in [-0.1, -0.05) is 17.7 Å². The Morgan fingerprint density at radius 3 is 2.83 bits per heavy atom. The predicted molar refractivity (Wildman–Crippen MR) is 70.7 cm³/mol. The molecule has 1 aromatic heterocycles. The number of aromatic nitrogens is 1. The minimum absolute atomic E-state index is 0.0541. The van der Waals surface area contributed by atoms with Crippen LogP contribution in [0.25, 0.3) is 0 Å². The normalized spacial score (nSPS) is 10.6. The molecule has 0 amide bonds. The number of hydrogen-bond acceptors (Lipinski definition) is 3. The van der Waals surface area contributed by atoms with E-state index in [-0.39, 0.29) is 18.6 Å². The Morgan fingerprint density at radius 1 is 1.44 bits per heavy atom. The topological polar surface area (TPSA) is 30.0 Å². The summed E-state index contributed by atoms with van der Waals surface area (Å²) in [6.45, 7) is 1.89. The maximum Gasteiger partial charge on any atom is 0.143 e. The van der Waals surface area contributed by atoms with Crippen LogP contribution in [0.4, 0.5) is 4.39 Å². The molecule has 0 spiro atoms. The van der Waals surface area contributed by atoms with E-state index >= 15 is 0 Å². The van der Waals surface area contributed by atoms with Gasteiger partial charge < -0.3 is 0 Å². The molecule has 0 bridgehead atoms. The highest BCUT2D eigenvalue weighted by Gasteiger charge is 2.11. The molecular formula is C13H11ClFNOS. The van der Waals surface area contributed by atoms with Gasteiger partial charge in [-0.3, -0.25) is 4.79 Å². The highest BCUT2D eigenvalue weighted by molar-refractivity contribution is 7.09. The van der Waals surface area contributed by atoms with Gasteiger partial charge in [0.05, 0.1) is 10.7 Å². The first-order valence-electron chi connectivity index (χ1n) is 5.41. The molecule has 0 aliphatic carbocycles. The van der Waals surface area contributed by atoms with Crippen molar-refractivity contribution in [2.45, 2.75) is 19.8 Å². The van der Waals surface area contributed by atoms with Gasteiger partial charge in [0.2, 0.25) is 0 Å². The van der Waals surface area contributed by atoms with Crippen molar-refractivity contribution in [3.05, 3.63) is 50.7 Å². The van der Waals surface area contributed by atoms with E-state index < -0.39 is 5.82 Å². The minimum atomic E-state index is -0.440. The van der Waals surface area contributed by atoms with Crippen LogP contribution in [0.1, 0.15) is 16.3 Å². The largest absolute Gasteiger partial charge is 0.299 e. The number of rotatable bonds is 4. The number of nitrogens with zero attached hydrogens (tertiary/aromatic N) is 1. The second-order valence-corrected chi connectivity index (χ2v) is 5.48. The predicted octanol–water partition coefficient (Wildman–Crippen LogP) is 3.60. The summed E-state index contributed by atoms with van der Waals surface area (Å²) in [4.78, 5) is 16.0. The molecule has 0 unspecified atom stereocenters. The van der Waals surface area contributed by atoms with E-state index in [0.717, 1.165) is 10.7 Å². The van der Waals surface area contributed by atoms with Crippen molar-refractivity contribution >= 4 is 28.7 Å². The number of carbonyl (C=O) groups excluding carboxylic acids is 1. The number of thiazole rings is 1. The monoisotopic (exact) mass is 283 g/mol. The zero-order valence-electron chi connectivity index (χ0n) is 9.74. The Bertz CT molecular complexity index is 582. The second kappa shape index (κ2) is 5.59. The van der Waals surface area contributed by atoms with E-state index in [2.05, 4.69) is 4.98 Å². The molecule has 0 saturated carbocycles. The van der Waals surface area contributed by atoms with Crippen molar-refractivity contribution in [1.82, 2.24) is 4.98 Å². The first kappa shape index (κ1) is 13.2. The molecule has 0 radical (unpaired) electrons. The fourth-order valence-corrected chi connectivity index (χ4v) is 2.40. The standard InChI is InChI=1S/C13H11ClFNOS/c1-8-16-11(7-18-8)6-12(17)4-9-2-3-10(14)5-13(9)15/h2-3,5,7H,4,6H2,1H3. The molecule has 0 N–H and O–H groups in total. The molecule has 18 heavy (non-hydrogen) atoms. The smallest absolute Gasteiger partial charge is 0.143 e. The van der Waals surface area contributed by atoms with Crippen LogP contribution in [0, 0.1) is 12.7 Å². The summed E-state index contributed by atoms with van der Waals surface area (Å²) in [5, 5.41) is 3.11. The lowest BCUT2D eigenvalue weighted by Crippen LogP contribution is -2.08. The van der Waals surface area contributed by atoms with E-state index in [1.54, 1.807) is 12.1 Å². The van der Waals surface area contributed by atoms with Crippen molar-refractivity contribution in [1.29, 1.82) is 0 Å². The molecule has 2 rings (SSSR count). The van der Waals surface area contributed by atoms with Crippen LogP contribution in [0.15, 0.2) is 23.6 Å². The molecule has 0 aliphatic heterocycles. The lowest BCUT2D eigenvalue weighted by atomic mass is 10.1. The van der Waals surface area contributed by atoms with Crippen molar-refractivity contribution in [2.24, 2.45) is 0 Å². The van der Waals surface area contributed by atoms with E-state index in [1.807, 2.05) is 12.3 Å². The molecule has 1 heterocycles. The molecule has 94 valence electrons. The fourth-order valence-electron chi connectivity index (χ4n) is 1.63. The Labute approximate surface area is 113 Å². The van der Waals surface area contributed by atoms with Crippen LogP contribution in [-0.4, -0.2) is 10.8 Å². The highest BCUT2D eigenvalue weighted by Crippen LogP contribution is 2.16. The summed E-state index contributed by atoms with van der Waals surface area (Å²) in [7, 11) is 0. The van der Waals surface area contributed by atoms with Gasteiger partial charge in [-0.25, -0.2) is 9.37 Å². The molecule has 2 nitrogen and oxygen atoms in total. The Balaban J connectivity index is 2.03. The lowest BCUT2D eigenvalue weighted by molar-refractivity contribution is -0.117. The fraction of sp³-hybridized carbons (Fsp3) is 0.231. The molecule has 1 aromatic carbocycles. The molecule has 5 heteroatoms. The molecule has 0 atom stereocenters. The summed E-state index contributed by atoms with van der Waals surface area (Å²) in [5.74, 6) is -0.494. The number of halogens is 2. The lowest BCUT2D eigenvalue weighted by Gasteiger charge is -2.02. The van der Waals surface area contributed by atoms with Crippen molar-refractivity contribution in [3.8, 4) is 0 Å². The molecule has 2 aromatic rings. The summed E-state index contributed by atoms with van der Waals surface area (Å²) >= 11 is 7.16. The number of benzene rings is 1. The Morgan fingerprint density at radius 2 is 2.22 bits per heavy atom. The maximum atomic E-state index is 13.5. The van der Waals surface area contributed by atoms with E-state index in [0.29, 0.717) is 10.6 Å². The SMILES string of the molecule is Cc1nc(CC(=O)Cc2ccc(Cl)cc2F)cs1. The van der Waals surface area contributed by atoms with Crippen LogP contribution >= 0.6 is 22.9 Å². The Hall–Kier alpha value is -1.26. The van der Waals surface area contributed by atoms with Gasteiger partial charge in [-0.05, 0) is 24.6 Å². The second-order valence-electron chi connectivity index (χ2n) is 3.99. The van der Waals surface area contributed by atoms with E-state index in [9.17, 15) is 9.18 Å². The van der Waals surface area contributed by atoms with Crippen molar-refractivity contribution in [2.75, 3.05) is 0 Å². The number of carbonyl (C=O) groups is 1. The molecule has 0 saturated heterocycles. The molecular weight excluding hydrogens is 273 g/mol. The van der Waals surface area contributed by atoms with Crippen LogP contribution < -0.4 is 0 Å². The highest BCUT2D eigenvalue weighted by atomic mass is 35.5. The summed E-state index contributed by atoms with van der Waals surface area (Å²) in [6, 6.07) is 4.35. The van der Waals surface area contributed by atoms with Gasteiger partial charge in [0, 0.05) is 23.2 Å². The van der Waals surface area contributed by atoms with Crippen LogP contribution in [0.3, 0.4) is 0 Å². The summed E-state index contributed by atoms with van der Waals surface area (Å²) in [5.41, 5.74) is 1.12. The van der Waals surface area contributed by atoms with Gasteiger partial charge in [0.15, 0.2) is 0 Å². The van der Waals surface area contributed by atoms with Gasteiger partial charge in [0.25, 0.3) is 0 Å². The summed E-state index contributed by atoms with van der Waals surface area (Å²) in [6.07, 6.45) is 0.311. The van der Waals surface area contributed by atoms with E-state index in [4.69, 9.17) is 11.6 Å². The number of Topliss-reactive ketones (excluding diaryl/α,β-unsaturated/α-hetero) is 1. The number of hydrogen-bond donors (Lipinski definition) is 0. The van der Waals surface area contributed by atoms with Crippen LogP contribution in [-0.2, 0) is 17.6 Å². The van der Waals surface area contributed by atoms with Gasteiger partial charge >= 0.3 is 0 Å². The van der Waals surface area contributed by atoms with Gasteiger partial charge in [-0.15, -0.1) is 11.3 Å². The summed E-state index contributed by atoms with van der Waals surface area (Å²) < 4.78 is 13.5. The quantitative estimate of drug-likeness (QED) is 0.858. The number of ketones is 1. The molecule has 0 aliphatic rings. The first-order valence-corrected chi connectivity index (χ1v) is 6.67. The van der Waals surface area contributed by atoms with E-state index in [1.165, 1.54) is 17.4 Å². The zero-order valence-corrected chi connectivity index (χ0v) is 11.3. The average Bonchev–Trinajstić information content (AvgIpc) is 2.68. The van der Waals surface area contributed by atoms with Gasteiger partial charge in [-0.2, -0.15) is 0 Å². The third-order valence-electron chi connectivity index (χ3n) is 2.45. The maximum absolute atomic E-state index is 13.5. The van der Waals surface area contributed by atoms with Crippen molar-refractivity contribution in [3.63, 3.8) is 0 Å². The third-order valence-corrected chi connectivity index (χ3v) is 3.51. The van der Waals surface area contributed by atoms with Crippen LogP contribution in [0.5, 0.6) is 0 Å². The van der Waals surface area contributed by atoms with Crippen LogP contribution in [0.2, 0.25) is 5.02 Å². The first-order chi connectivity index (χ1) is 8.54. The van der Waals surface area contributed by atoms with Gasteiger partial charge in [0.1, 0.15) is 11.6 Å². The average molecular weight is 284 g/mol. The number of aryl methyl sites for hydroxylation is 1.